The van der Waals surface area contributed by atoms with Gasteiger partial charge in [0.2, 0.25) is 0 Å². The SMILES string of the molecule is CCCCC=[C+]c1ccccc1[NH+]=C=S. The molecule has 0 aliphatic heterocycles. The van der Waals surface area contributed by atoms with Gasteiger partial charge in [-0.2, -0.15) is 0 Å². The van der Waals surface area contributed by atoms with E-state index in [9.17, 15) is 0 Å². The van der Waals surface area contributed by atoms with Gasteiger partial charge in [0.25, 0.3) is 10.7 Å². The van der Waals surface area contributed by atoms with Crippen LogP contribution in [0.15, 0.2) is 30.3 Å². The van der Waals surface area contributed by atoms with Gasteiger partial charge < -0.3 is 0 Å². The summed E-state index contributed by atoms with van der Waals surface area (Å²) in [6, 6.07) is 7.93. The number of unbranched alkanes of at least 4 members (excludes halogenated alkanes) is 2. The number of allylic oxidation sites excluding steroid dienone is 1. The van der Waals surface area contributed by atoms with Gasteiger partial charge in [0.15, 0.2) is 0 Å². The van der Waals surface area contributed by atoms with E-state index in [0.29, 0.717) is 0 Å². The van der Waals surface area contributed by atoms with Gasteiger partial charge in [-0.05, 0) is 25.0 Å². The molecule has 0 bridgehead atoms. The van der Waals surface area contributed by atoms with Crippen LogP contribution in [0.5, 0.6) is 0 Å². The third-order valence-corrected chi connectivity index (χ3v) is 2.17. The number of para-hydroxylation sites is 1. The molecule has 1 nitrogen and oxygen atoms in total. The Bertz CT molecular complexity index is 376. The average Bonchev–Trinajstić information content (AvgIpc) is 2.27. The molecule has 0 aliphatic carbocycles. The lowest BCUT2D eigenvalue weighted by Gasteiger charge is -1.84. The van der Waals surface area contributed by atoms with Gasteiger partial charge in [-0.25, -0.2) is 0 Å². The van der Waals surface area contributed by atoms with Crippen LogP contribution in [0.1, 0.15) is 31.7 Å². The zero-order valence-electron chi connectivity index (χ0n) is 8.92. The van der Waals surface area contributed by atoms with Crippen LogP contribution in [0, 0.1) is 6.08 Å². The smallest absolute Gasteiger partial charge is 0.0984 e. The predicted octanol–water partition coefficient (Wildman–Crippen LogP) is 2.40. The van der Waals surface area contributed by atoms with E-state index < -0.39 is 0 Å². The second-order valence-electron chi connectivity index (χ2n) is 3.26. The highest BCUT2D eigenvalue weighted by Crippen LogP contribution is 2.09. The summed E-state index contributed by atoms with van der Waals surface area (Å²) in [6.45, 7) is 2.18. The summed E-state index contributed by atoms with van der Waals surface area (Å²) < 4.78 is 0. The molecule has 0 heterocycles. The molecule has 1 aromatic rings. The molecule has 2 heteroatoms. The molecule has 0 radical (unpaired) electrons. The van der Waals surface area contributed by atoms with Crippen LogP contribution >= 0.6 is 12.2 Å². The Morgan fingerprint density at radius 1 is 1.47 bits per heavy atom. The Balaban J connectivity index is 2.75. The molecule has 0 saturated heterocycles. The van der Waals surface area contributed by atoms with Crippen molar-refractivity contribution < 1.29 is 4.99 Å². The summed E-state index contributed by atoms with van der Waals surface area (Å²) in [5, 5.41) is 2.51. The van der Waals surface area contributed by atoms with Crippen LogP contribution in [0.4, 0.5) is 5.69 Å². The van der Waals surface area contributed by atoms with Gasteiger partial charge in [0.1, 0.15) is 0 Å². The van der Waals surface area contributed by atoms with E-state index in [-0.39, 0.29) is 0 Å². The lowest BCUT2D eigenvalue weighted by molar-refractivity contribution is -0.343. The highest BCUT2D eigenvalue weighted by atomic mass is 32.1. The minimum atomic E-state index is 0.959. The average molecular weight is 217 g/mol. The molecule has 1 rings (SSSR count). The molecule has 0 aliphatic rings. The molecular weight excluding hydrogens is 202 g/mol. The first kappa shape index (κ1) is 11.7. The highest BCUT2D eigenvalue weighted by molar-refractivity contribution is 7.78. The van der Waals surface area contributed by atoms with Crippen molar-refractivity contribution in [3.05, 3.63) is 42.0 Å². The molecule has 0 amide bonds. The largest absolute Gasteiger partial charge is 0.330 e. The van der Waals surface area contributed by atoms with Crippen LogP contribution in [-0.2, 0) is 0 Å². The van der Waals surface area contributed by atoms with E-state index in [1.807, 2.05) is 24.3 Å². The fraction of sp³-hybridized carbons (Fsp3) is 0.308. The van der Waals surface area contributed by atoms with Gasteiger partial charge in [-0.15, -0.1) is 0 Å². The van der Waals surface area contributed by atoms with Gasteiger partial charge >= 0.3 is 5.69 Å². The van der Waals surface area contributed by atoms with Gasteiger partial charge in [-0.3, -0.25) is 0 Å². The molecule has 0 spiro atoms. The van der Waals surface area contributed by atoms with E-state index >= 15 is 0 Å². The van der Waals surface area contributed by atoms with Crippen molar-refractivity contribution in [1.82, 2.24) is 0 Å². The number of thiocarbonyl (C=S) groups is 1. The maximum atomic E-state index is 4.65. The topological polar surface area (TPSA) is 14.0 Å². The number of benzene rings is 1. The predicted molar refractivity (Wildman–Crippen MR) is 66.1 cm³/mol. The van der Waals surface area contributed by atoms with Crippen LogP contribution in [0.25, 0.3) is 0 Å². The van der Waals surface area contributed by atoms with Gasteiger partial charge in [0, 0.05) is 18.3 Å². The van der Waals surface area contributed by atoms with E-state index in [2.05, 4.69) is 41.4 Å². The van der Waals surface area contributed by atoms with E-state index in [0.717, 1.165) is 17.7 Å². The molecule has 1 N–H and O–H groups in total. The summed E-state index contributed by atoms with van der Waals surface area (Å²) in [7, 11) is 0. The zero-order chi connectivity index (χ0) is 10.9. The lowest BCUT2D eigenvalue weighted by atomic mass is 10.1. The number of hydrogen-bond acceptors (Lipinski definition) is 1. The zero-order valence-corrected chi connectivity index (χ0v) is 9.73. The first-order valence-corrected chi connectivity index (χ1v) is 5.59. The standard InChI is InChI=1S/C13H14NS/c1-2-3-4-5-8-12-9-6-7-10-13(12)14-11-15/h5-7,9-10H,2-4H2,1H3/q+1/p+1. The molecule has 1 aromatic carbocycles. The van der Waals surface area contributed by atoms with Crippen LogP contribution in [-0.4, -0.2) is 5.16 Å². The Kier molecular flexibility index (Phi) is 5.50. The summed E-state index contributed by atoms with van der Waals surface area (Å²) in [6.07, 6.45) is 8.84. The summed E-state index contributed by atoms with van der Waals surface area (Å²) in [5.74, 6) is 0. The Labute approximate surface area is 96.6 Å². The molecule has 0 atom stereocenters. The van der Waals surface area contributed by atoms with Crippen molar-refractivity contribution in [2.75, 3.05) is 0 Å². The summed E-state index contributed by atoms with van der Waals surface area (Å²) >= 11 is 4.65. The molecule has 0 fully saturated rings. The summed E-state index contributed by atoms with van der Waals surface area (Å²) in [4.78, 5) is 2.90. The summed E-state index contributed by atoms with van der Waals surface area (Å²) in [5.41, 5.74) is 1.99. The minimum absolute atomic E-state index is 0.959. The van der Waals surface area contributed by atoms with Gasteiger partial charge in [0.05, 0.1) is 18.2 Å². The number of nitrogens with one attached hydrogen (secondary N) is 1. The van der Waals surface area contributed by atoms with Crippen LogP contribution in [0.2, 0.25) is 0 Å². The fourth-order valence-corrected chi connectivity index (χ4v) is 1.37. The van der Waals surface area contributed by atoms with E-state index in [1.165, 1.54) is 12.8 Å². The minimum Gasteiger partial charge on any atom is -0.0984 e. The Hall–Kier alpha value is -1.33. The molecule has 0 saturated carbocycles. The van der Waals surface area contributed by atoms with Crippen molar-refractivity contribution in [1.29, 1.82) is 0 Å². The van der Waals surface area contributed by atoms with Crippen LogP contribution in [0.3, 0.4) is 0 Å². The third kappa shape index (κ3) is 4.14. The molecule has 15 heavy (non-hydrogen) atoms. The van der Waals surface area contributed by atoms with E-state index in [4.69, 9.17) is 0 Å². The van der Waals surface area contributed by atoms with Crippen molar-refractivity contribution in [3.8, 4) is 0 Å². The molecule has 76 valence electrons. The monoisotopic (exact) mass is 217 g/mol. The first-order chi connectivity index (χ1) is 7.38. The lowest BCUT2D eigenvalue weighted by Crippen LogP contribution is -2.59. The van der Waals surface area contributed by atoms with Gasteiger partial charge in [-0.1, -0.05) is 18.3 Å². The normalized spacial score (nSPS) is 9.67. The number of hydrogen-bond donors (Lipinski definition) is 1. The van der Waals surface area contributed by atoms with Crippen molar-refractivity contribution >= 4 is 23.1 Å². The Morgan fingerprint density at radius 2 is 2.27 bits per heavy atom. The third-order valence-electron chi connectivity index (χ3n) is 2.07. The van der Waals surface area contributed by atoms with E-state index in [1.54, 1.807) is 0 Å². The number of isothiocyanates is 1. The highest BCUT2D eigenvalue weighted by Gasteiger charge is 2.11. The first-order valence-electron chi connectivity index (χ1n) is 5.19. The maximum Gasteiger partial charge on any atom is 0.330 e. The maximum absolute atomic E-state index is 4.65. The quantitative estimate of drug-likeness (QED) is 0.346. The fourth-order valence-electron chi connectivity index (χ4n) is 1.26. The van der Waals surface area contributed by atoms with Crippen molar-refractivity contribution in [2.24, 2.45) is 0 Å². The van der Waals surface area contributed by atoms with Crippen LogP contribution < -0.4 is 4.99 Å². The molecule has 0 aromatic heterocycles. The van der Waals surface area contributed by atoms with Crippen molar-refractivity contribution in [2.45, 2.75) is 26.2 Å². The van der Waals surface area contributed by atoms with Crippen molar-refractivity contribution in [3.63, 3.8) is 0 Å². The second kappa shape index (κ2) is 7.03. The Morgan fingerprint density at radius 3 is 3.00 bits per heavy atom. The number of rotatable bonds is 5. The second-order valence-corrected chi connectivity index (χ2v) is 3.47. The molecule has 0 unspecified atom stereocenters. The molecular formula is C13H15NS+2.